The molecule has 0 unspecified atom stereocenters. The number of alkyl halides is 1. The second-order valence-electron chi connectivity index (χ2n) is 7.18. The summed E-state index contributed by atoms with van der Waals surface area (Å²) in [4.78, 5) is 21.9. The molecule has 8 nitrogen and oxygen atoms in total. The van der Waals surface area contributed by atoms with Gasteiger partial charge >= 0.3 is 6.09 Å². The molecule has 1 aromatic carbocycles. The molecule has 0 aliphatic carbocycles. The van der Waals surface area contributed by atoms with Crippen LogP contribution >= 0.6 is 22.6 Å². The molecule has 0 fully saturated rings. The number of halogens is 1. The second-order valence-corrected chi connectivity index (χ2v) is 8.25. The summed E-state index contributed by atoms with van der Waals surface area (Å²) >= 11 is 2.21. The van der Waals surface area contributed by atoms with Gasteiger partial charge in [-0.15, -0.1) is 0 Å². The number of hydrogen-bond donors (Lipinski definition) is 1. The molecule has 0 aliphatic heterocycles. The Morgan fingerprint density at radius 1 is 1.06 bits per heavy atom. The van der Waals surface area contributed by atoms with Crippen LogP contribution in [0.5, 0.6) is 5.75 Å². The van der Waals surface area contributed by atoms with Gasteiger partial charge in [0.1, 0.15) is 17.2 Å². The molecule has 0 saturated heterocycles. The maximum absolute atomic E-state index is 11.7. The van der Waals surface area contributed by atoms with E-state index in [4.69, 9.17) is 9.47 Å². The first-order chi connectivity index (χ1) is 16.1. The third-order valence-corrected chi connectivity index (χ3v) is 5.55. The van der Waals surface area contributed by atoms with E-state index in [0.717, 1.165) is 38.2 Å². The zero-order valence-electron chi connectivity index (χ0n) is 18.0. The van der Waals surface area contributed by atoms with Gasteiger partial charge in [0.15, 0.2) is 0 Å². The lowest BCUT2D eigenvalue weighted by Crippen LogP contribution is -2.33. The number of fused-ring (bicyclic) bond motifs is 1. The van der Waals surface area contributed by atoms with Crippen LogP contribution in [0, 0.1) is 0 Å². The van der Waals surface area contributed by atoms with E-state index in [1.165, 1.54) is 4.90 Å². The number of benzene rings is 1. The number of methoxy groups -OCH3 is 1. The molecular formula is C24H23IN4O4. The molecule has 170 valence electrons. The number of ether oxygens (including phenoxy) is 2. The van der Waals surface area contributed by atoms with Crippen LogP contribution in [0.3, 0.4) is 0 Å². The first kappa shape index (κ1) is 23.0. The lowest BCUT2D eigenvalue weighted by atomic mass is 10.0. The SMILES string of the molecule is COc1ccc2nc(-c3ccc(-c4ccnc(N(CCOCCI)C(=O)O)c4)cc3)cn2c1. The average molecular weight is 558 g/mol. The minimum absolute atomic E-state index is 0.222. The minimum atomic E-state index is -1.06. The molecule has 4 rings (SSSR count). The number of imidazole rings is 1. The molecule has 33 heavy (non-hydrogen) atoms. The summed E-state index contributed by atoms with van der Waals surface area (Å²) < 4.78 is 13.5. The Balaban J connectivity index is 1.54. The van der Waals surface area contributed by atoms with Crippen LogP contribution in [-0.2, 0) is 4.74 Å². The summed E-state index contributed by atoms with van der Waals surface area (Å²) in [6, 6.07) is 15.4. The van der Waals surface area contributed by atoms with Crippen molar-refractivity contribution in [1.82, 2.24) is 14.4 Å². The highest BCUT2D eigenvalue weighted by Crippen LogP contribution is 2.27. The molecular weight excluding hydrogens is 535 g/mol. The van der Waals surface area contributed by atoms with E-state index in [-0.39, 0.29) is 6.54 Å². The summed E-state index contributed by atoms with van der Waals surface area (Å²) in [5, 5.41) is 9.61. The predicted octanol–water partition coefficient (Wildman–Crippen LogP) is 5.01. The van der Waals surface area contributed by atoms with Crippen molar-refractivity contribution in [2.75, 3.05) is 36.2 Å². The molecule has 0 saturated carbocycles. The Hall–Kier alpha value is -3.18. The summed E-state index contributed by atoms with van der Waals surface area (Å²) in [6.45, 7) is 1.13. The van der Waals surface area contributed by atoms with Crippen LogP contribution in [0.2, 0.25) is 0 Å². The van der Waals surface area contributed by atoms with E-state index in [1.807, 2.05) is 59.3 Å². The van der Waals surface area contributed by atoms with Crippen molar-refractivity contribution in [2.24, 2.45) is 0 Å². The average Bonchev–Trinajstić information content (AvgIpc) is 3.27. The van der Waals surface area contributed by atoms with Crippen LogP contribution in [-0.4, -0.2) is 56.9 Å². The number of amides is 1. The molecule has 0 bridgehead atoms. The van der Waals surface area contributed by atoms with Crippen molar-refractivity contribution in [3.05, 3.63) is 67.1 Å². The fraction of sp³-hybridized carbons (Fsp3) is 0.208. The second kappa shape index (κ2) is 10.6. The Kier molecular flexibility index (Phi) is 7.40. The number of carbonyl (C=O) groups is 1. The van der Waals surface area contributed by atoms with E-state index in [9.17, 15) is 9.90 Å². The molecule has 9 heteroatoms. The third kappa shape index (κ3) is 5.42. The largest absolute Gasteiger partial charge is 0.495 e. The van der Waals surface area contributed by atoms with Gasteiger partial charge in [-0.05, 0) is 35.4 Å². The summed E-state index contributed by atoms with van der Waals surface area (Å²) in [7, 11) is 1.64. The van der Waals surface area contributed by atoms with Crippen molar-refractivity contribution in [2.45, 2.75) is 0 Å². The number of hydrogen-bond acceptors (Lipinski definition) is 5. The maximum atomic E-state index is 11.7. The summed E-state index contributed by atoms with van der Waals surface area (Å²) in [5.74, 6) is 1.14. The van der Waals surface area contributed by atoms with Gasteiger partial charge in [-0.2, -0.15) is 0 Å². The topological polar surface area (TPSA) is 89.2 Å². The monoisotopic (exact) mass is 558 g/mol. The normalized spacial score (nSPS) is 11.0. The number of rotatable bonds is 9. The van der Waals surface area contributed by atoms with E-state index in [2.05, 4.69) is 32.6 Å². The Morgan fingerprint density at radius 2 is 1.85 bits per heavy atom. The molecule has 1 N–H and O–H groups in total. The van der Waals surface area contributed by atoms with Gasteiger partial charge in [0.2, 0.25) is 0 Å². The van der Waals surface area contributed by atoms with Crippen molar-refractivity contribution in [3.63, 3.8) is 0 Å². The molecule has 3 aromatic heterocycles. The number of anilines is 1. The van der Waals surface area contributed by atoms with Gasteiger partial charge in [0.25, 0.3) is 0 Å². The smallest absolute Gasteiger partial charge is 0.413 e. The number of aromatic nitrogens is 3. The molecule has 3 heterocycles. The van der Waals surface area contributed by atoms with Crippen molar-refractivity contribution in [3.8, 4) is 28.1 Å². The lowest BCUT2D eigenvalue weighted by molar-refractivity contribution is 0.153. The Labute approximate surface area is 204 Å². The molecule has 0 aliphatic rings. The van der Waals surface area contributed by atoms with Crippen molar-refractivity contribution >= 4 is 40.1 Å². The quantitative estimate of drug-likeness (QED) is 0.177. The van der Waals surface area contributed by atoms with Gasteiger partial charge < -0.3 is 19.0 Å². The Bertz CT molecular complexity index is 1240. The number of nitrogens with zero attached hydrogens (tertiary/aromatic N) is 4. The molecule has 0 radical (unpaired) electrons. The zero-order valence-corrected chi connectivity index (χ0v) is 20.2. The van der Waals surface area contributed by atoms with Crippen molar-refractivity contribution in [1.29, 1.82) is 0 Å². The first-order valence-corrected chi connectivity index (χ1v) is 11.9. The van der Waals surface area contributed by atoms with Gasteiger partial charge in [0.05, 0.1) is 38.8 Å². The van der Waals surface area contributed by atoms with E-state index < -0.39 is 6.09 Å². The summed E-state index contributed by atoms with van der Waals surface area (Å²) in [6.07, 6.45) is 4.41. The fourth-order valence-electron chi connectivity index (χ4n) is 3.43. The van der Waals surface area contributed by atoms with Crippen LogP contribution in [0.1, 0.15) is 0 Å². The fourth-order valence-corrected chi connectivity index (χ4v) is 3.74. The van der Waals surface area contributed by atoms with Gasteiger partial charge in [-0.1, -0.05) is 46.9 Å². The van der Waals surface area contributed by atoms with Crippen molar-refractivity contribution < 1.29 is 19.4 Å². The van der Waals surface area contributed by atoms with Crippen LogP contribution in [0.4, 0.5) is 10.6 Å². The molecule has 0 spiro atoms. The highest BCUT2D eigenvalue weighted by Gasteiger charge is 2.16. The van der Waals surface area contributed by atoms with Gasteiger partial charge in [-0.25, -0.2) is 14.8 Å². The molecule has 4 aromatic rings. The minimum Gasteiger partial charge on any atom is -0.495 e. The highest BCUT2D eigenvalue weighted by atomic mass is 127. The van der Waals surface area contributed by atoms with Crippen LogP contribution in [0.25, 0.3) is 28.0 Å². The van der Waals surface area contributed by atoms with Crippen LogP contribution in [0.15, 0.2) is 67.1 Å². The van der Waals surface area contributed by atoms with E-state index in [0.29, 0.717) is 19.0 Å². The van der Waals surface area contributed by atoms with E-state index >= 15 is 0 Å². The summed E-state index contributed by atoms with van der Waals surface area (Å²) in [5.41, 5.74) is 4.51. The molecule has 1 amide bonds. The number of pyridine rings is 2. The Morgan fingerprint density at radius 3 is 2.58 bits per heavy atom. The predicted molar refractivity (Wildman–Crippen MR) is 135 cm³/mol. The first-order valence-electron chi connectivity index (χ1n) is 10.3. The number of carboxylic acid groups (broad SMARTS) is 1. The highest BCUT2D eigenvalue weighted by molar-refractivity contribution is 14.1. The van der Waals surface area contributed by atoms with Crippen LogP contribution < -0.4 is 9.64 Å². The standard InChI is InChI=1S/C24H23IN4O4/c1-32-20-6-7-22-27-21(16-28(22)15-20)18-4-2-17(3-5-18)19-8-10-26-23(14-19)29(24(30)31)11-13-33-12-9-25/h2-8,10,14-16H,9,11-13H2,1H3,(H,30,31). The third-order valence-electron chi connectivity index (χ3n) is 5.11. The lowest BCUT2D eigenvalue weighted by Gasteiger charge is -2.18. The van der Waals surface area contributed by atoms with E-state index in [1.54, 1.807) is 19.4 Å². The maximum Gasteiger partial charge on any atom is 0.413 e. The zero-order chi connectivity index (χ0) is 23.2. The van der Waals surface area contributed by atoms with Gasteiger partial charge in [0, 0.05) is 22.4 Å². The molecule has 0 atom stereocenters. The van der Waals surface area contributed by atoms with Gasteiger partial charge in [-0.3, -0.25) is 4.90 Å².